The van der Waals surface area contributed by atoms with E-state index >= 15 is 0 Å². The van der Waals surface area contributed by atoms with Crippen molar-refractivity contribution in [3.8, 4) is 22.9 Å². The predicted molar refractivity (Wildman–Crippen MR) is 72.6 cm³/mol. The number of furan rings is 1. The lowest BCUT2D eigenvalue weighted by atomic mass is 10.2. The highest BCUT2D eigenvalue weighted by molar-refractivity contribution is 5.57. The van der Waals surface area contributed by atoms with Gasteiger partial charge in [0.2, 0.25) is 0 Å². The molecule has 0 N–H and O–H groups in total. The first-order valence-electron chi connectivity index (χ1n) is 6.03. The lowest BCUT2D eigenvalue weighted by Gasteiger charge is -2.06. The van der Waals surface area contributed by atoms with Crippen LogP contribution < -0.4 is 4.74 Å². The van der Waals surface area contributed by atoms with Gasteiger partial charge in [0.05, 0.1) is 24.8 Å². The molecular weight excluding hydrogens is 240 g/mol. The normalized spacial score (nSPS) is 10.6. The van der Waals surface area contributed by atoms with Crippen LogP contribution in [0.15, 0.2) is 53.1 Å². The number of aryl methyl sites for hydroxylation is 1. The number of methoxy groups -OCH3 is 1. The van der Waals surface area contributed by atoms with Crippen molar-refractivity contribution in [3.05, 3.63) is 54.4 Å². The minimum Gasteiger partial charge on any atom is -0.497 e. The van der Waals surface area contributed by atoms with Crippen LogP contribution in [0.25, 0.3) is 17.1 Å². The zero-order valence-corrected chi connectivity index (χ0v) is 10.8. The van der Waals surface area contributed by atoms with Crippen LogP contribution in [0.3, 0.4) is 0 Å². The molecule has 0 aliphatic rings. The highest BCUT2D eigenvalue weighted by Gasteiger charge is 2.11. The summed E-state index contributed by atoms with van der Waals surface area (Å²) >= 11 is 0. The van der Waals surface area contributed by atoms with Gasteiger partial charge in [-0.1, -0.05) is 0 Å². The van der Waals surface area contributed by atoms with E-state index in [4.69, 9.17) is 9.15 Å². The molecule has 4 nitrogen and oxygen atoms in total. The highest BCUT2D eigenvalue weighted by Crippen LogP contribution is 2.25. The molecule has 0 atom stereocenters. The van der Waals surface area contributed by atoms with Gasteiger partial charge in [-0.05, 0) is 49.4 Å². The molecule has 0 saturated heterocycles. The summed E-state index contributed by atoms with van der Waals surface area (Å²) in [5.41, 5.74) is 2.86. The molecule has 0 unspecified atom stereocenters. The first kappa shape index (κ1) is 11.6. The van der Waals surface area contributed by atoms with Crippen LogP contribution in [0.1, 0.15) is 5.69 Å². The minimum atomic E-state index is 0.802. The highest BCUT2D eigenvalue weighted by atomic mass is 16.5. The van der Waals surface area contributed by atoms with Crippen molar-refractivity contribution in [1.29, 1.82) is 0 Å². The van der Waals surface area contributed by atoms with Gasteiger partial charge in [0.15, 0.2) is 5.76 Å². The van der Waals surface area contributed by atoms with Crippen LogP contribution in [0.2, 0.25) is 0 Å². The quantitative estimate of drug-likeness (QED) is 0.718. The van der Waals surface area contributed by atoms with E-state index < -0.39 is 0 Å². The fourth-order valence-corrected chi connectivity index (χ4v) is 2.02. The van der Waals surface area contributed by atoms with Crippen molar-refractivity contribution in [2.24, 2.45) is 0 Å². The summed E-state index contributed by atoms with van der Waals surface area (Å²) in [5, 5.41) is 4.51. The Morgan fingerprint density at radius 3 is 2.58 bits per heavy atom. The Balaban J connectivity index is 2.09. The van der Waals surface area contributed by atoms with E-state index in [0.717, 1.165) is 28.6 Å². The predicted octanol–water partition coefficient (Wildman–Crippen LogP) is 3.45. The molecule has 1 aromatic carbocycles. The van der Waals surface area contributed by atoms with Crippen LogP contribution in [0.4, 0.5) is 0 Å². The van der Waals surface area contributed by atoms with Crippen molar-refractivity contribution >= 4 is 0 Å². The molecule has 4 heteroatoms. The summed E-state index contributed by atoms with van der Waals surface area (Å²) in [5.74, 6) is 1.63. The molecule has 0 saturated carbocycles. The van der Waals surface area contributed by atoms with Crippen molar-refractivity contribution in [3.63, 3.8) is 0 Å². The molecule has 2 aromatic heterocycles. The number of aromatic nitrogens is 2. The van der Waals surface area contributed by atoms with E-state index in [-0.39, 0.29) is 0 Å². The largest absolute Gasteiger partial charge is 0.497 e. The van der Waals surface area contributed by atoms with Crippen molar-refractivity contribution < 1.29 is 9.15 Å². The molecule has 19 heavy (non-hydrogen) atoms. The van der Waals surface area contributed by atoms with Crippen LogP contribution in [0.5, 0.6) is 5.75 Å². The maximum atomic E-state index is 5.45. The molecule has 0 spiro atoms. The summed E-state index contributed by atoms with van der Waals surface area (Å²) in [4.78, 5) is 0. The number of nitrogens with zero attached hydrogens (tertiary/aromatic N) is 2. The molecule has 0 bridgehead atoms. The number of benzene rings is 1. The van der Waals surface area contributed by atoms with E-state index in [0.29, 0.717) is 0 Å². The van der Waals surface area contributed by atoms with E-state index in [2.05, 4.69) is 5.10 Å². The van der Waals surface area contributed by atoms with Crippen LogP contribution in [-0.4, -0.2) is 16.9 Å². The third-order valence-electron chi connectivity index (χ3n) is 2.92. The molecule has 0 aliphatic carbocycles. The zero-order chi connectivity index (χ0) is 13.2. The summed E-state index contributed by atoms with van der Waals surface area (Å²) in [6, 6.07) is 13.6. The lowest BCUT2D eigenvalue weighted by Crippen LogP contribution is -1.98. The molecule has 3 aromatic rings. The average Bonchev–Trinajstić information content (AvgIpc) is 3.07. The Kier molecular flexibility index (Phi) is 2.83. The van der Waals surface area contributed by atoms with E-state index in [1.54, 1.807) is 13.4 Å². The third kappa shape index (κ3) is 2.12. The molecule has 2 heterocycles. The maximum Gasteiger partial charge on any atom is 0.152 e. The van der Waals surface area contributed by atoms with Gasteiger partial charge in [-0.15, -0.1) is 0 Å². The maximum absolute atomic E-state index is 5.45. The van der Waals surface area contributed by atoms with Gasteiger partial charge in [0.25, 0.3) is 0 Å². The van der Waals surface area contributed by atoms with Gasteiger partial charge in [-0.2, -0.15) is 5.10 Å². The van der Waals surface area contributed by atoms with Crippen molar-refractivity contribution in [1.82, 2.24) is 9.78 Å². The van der Waals surface area contributed by atoms with Gasteiger partial charge >= 0.3 is 0 Å². The number of hydrogen-bond donors (Lipinski definition) is 0. The second kappa shape index (κ2) is 4.65. The summed E-state index contributed by atoms with van der Waals surface area (Å²) in [6.07, 6.45) is 1.66. The second-order valence-corrected chi connectivity index (χ2v) is 4.26. The Labute approximate surface area is 111 Å². The molecule has 0 amide bonds. The Hall–Kier alpha value is -2.49. The van der Waals surface area contributed by atoms with Gasteiger partial charge in [-0.3, -0.25) is 0 Å². The van der Waals surface area contributed by atoms with Crippen molar-refractivity contribution in [2.45, 2.75) is 6.92 Å². The van der Waals surface area contributed by atoms with Crippen LogP contribution in [0, 0.1) is 6.92 Å². The Bertz CT molecular complexity index is 667. The van der Waals surface area contributed by atoms with Gasteiger partial charge in [-0.25, -0.2) is 4.68 Å². The molecule has 0 fully saturated rings. The zero-order valence-electron chi connectivity index (χ0n) is 10.8. The van der Waals surface area contributed by atoms with Crippen molar-refractivity contribution in [2.75, 3.05) is 7.11 Å². The fourth-order valence-electron chi connectivity index (χ4n) is 2.02. The SMILES string of the molecule is COc1ccc(-n2nc(C)cc2-c2ccco2)cc1. The smallest absolute Gasteiger partial charge is 0.152 e. The van der Waals surface area contributed by atoms with E-state index in [1.807, 2.05) is 54.1 Å². The molecule has 96 valence electrons. The van der Waals surface area contributed by atoms with Gasteiger partial charge in [0, 0.05) is 0 Å². The van der Waals surface area contributed by atoms with E-state index in [1.165, 1.54) is 0 Å². The Morgan fingerprint density at radius 1 is 1.16 bits per heavy atom. The second-order valence-electron chi connectivity index (χ2n) is 4.26. The lowest BCUT2D eigenvalue weighted by molar-refractivity contribution is 0.414. The van der Waals surface area contributed by atoms with E-state index in [9.17, 15) is 0 Å². The molecular formula is C15H14N2O2. The number of rotatable bonds is 3. The average molecular weight is 254 g/mol. The van der Waals surface area contributed by atoms with Crippen LogP contribution in [-0.2, 0) is 0 Å². The van der Waals surface area contributed by atoms with Gasteiger partial charge in [0.1, 0.15) is 11.4 Å². The van der Waals surface area contributed by atoms with Crippen LogP contribution >= 0.6 is 0 Å². The summed E-state index contributed by atoms with van der Waals surface area (Å²) in [7, 11) is 1.65. The first-order chi connectivity index (χ1) is 9.28. The van der Waals surface area contributed by atoms with Gasteiger partial charge < -0.3 is 9.15 Å². The number of hydrogen-bond acceptors (Lipinski definition) is 3. The molecule has 0 aliphatic heterocycles. The third-order valence-corrected chi connectivity index (χ3v) is 2.92. The minimum absolute atomic E-state index is 0.802. The Morgan fingerprint density at radius 2 is 1.95 bits per heavy atom. The topological polar surface area (TPSA) is 40.2 Å². The fraction of sp³-hybridized carbons (Fsp3) is 0.133. The summed E-state index contributed by atoms with van der Waals surface area (Å²) < 4.78 is 12.5. The number of ether oxygens (including phenoxy) is 1. The molecule has 0 radical (unpaired) electrons. The molecule has 3 rings (SSSR count). The first-order valence-corrected chi connectivity index (χ1v) is 6.03. The monoisotopic (exact) mass is 254 g/mol. The standard InChI is InChI=1S/C15H14N2O2/c1-11-10-14(15-4-3-9-19-15)17(16-11)12-5-7-13(18-2)8-6-12/h3-10H,1-2H3. The summed E-state index contributed by atoms with van der Waals surface area (Å²) in [6.45, 7) is 1.96.